The van der Waals surface area contributed by atoms with Crippen molar-refractivity contribution in [1.29, 1.82) is 0 Å². The number of carbonyl (C=O) groups is 1. The molecule has 0 aromatic carbocycles. The van der Waals surface area contributed by atoms with Gasteiger partial charge in [-0.05, 0) is 23.2 Å². The van der Waals surface area contributed by atoms with Crippen molar-refractivity contribution < 1.29 is 4.79 Å². The van der Waals surface area contributed by atoms with Crippen LogP contribution in [-0.2, 0) is 4.79 Å². The molecule has 1 amide bonds. The summed E-state index contributed by atoms with van der Waals surface area (Å²) < 4.78 is 0. The molecule has 0 saturated heterocycles. The van der Waals surface area contributed by atoms with Crippen molar-refractivity contribution in [2.45, 2.75) is 19.8 Å². The molecule has 66 valence electrons. The van der Waals surface area contributed by atoms with Gasteiger partial charge in [-0.1, -0.05) is 12.2 Å². The predicted molar refractivity (Wildman–Crippen MR) is 52.7 cm³/mol. The van der Waals surface area contributed by atoms with E-state index in [1.807, 2.05) is 0 Å². The van der Waals surface area contributed by atoms with Crippen molar-refractivity contribution in [3.8, 4) is 0 Å². The van der Waals surface area contributed by atoms with Gasteiger partial charge in [-0.15, -0.1) is 11.8 Å². The van der Waals surface area contributed by atoms with E-state index in [1.54, 1.807) is 18.7 Å². The number of thioether (sulfide) groups is 1. The third kappa shape index (κ3) is 3.62. The summed E-state index contributed by atoms with van der Waals surface area (Å²) in [6.45, 7) is 2.30. The molecule has 0 aromatic heterocycles. The third-order valence-corrected chi connectivity index (χ3v) is 2.54. The maximum atomic E-state index is 10.5. The number of carbonyl (C=O) groups excluding carboxylic acids is 1. The SMILES string of the molecule is CC(=O)NCCC1=CCC=CS1. The van der Waals surface area contributed by atoms with Crippen molar-refractivity contribution in [3.05, 3.63) is 22.5 Å². The van der Waals surface area contributed by atoms with Gasteiger partial charge in [0.1, 0.15) is 0 Å². The standard InChI is InChI=1S/C9H13NOS/c1-8(11)10-6-5-9-4-2-3-7-12-9/h3-4,7H,2,5-6H2,1H3,(H,10,11). The summed E-state index contributed by atoms with van der Waals surface area (Å²) in [6.07, 6.45) is 6.32. The van der Waals surface area contributed by atoms with E-state index < -0.39 is 0 Å². The summed E-state index contributed by atoms with van der Waals surface area (Å²) in [5.41, 5.74) is 0. The van der Waals surface area contributed by atoms with Gasteiger partial charge in [0, 0.05) is 13.5 Å². The molecular weight excluding hydrogens is 170 g/mol. The first-order valence-electron chi connectivity index (χ1n) is 4.04. The van der Waals surface area contributed by atoms with Crippen LogP contribution in [0.25, 0.3) is 0 Å². The molecule has 0 aliphatic carbocycles. The molecule has 2 nitrogen and oxygen atoms in total. The van der Waals surface area contributed by atoms with Crippen molar-refractivity contribution in [2.75, 3.05) is 6.54 Å². The van der Waals surface area contributed by atoms with E-state index in [4.69, 9.17) is 0 Å². The van der Waals surface area contributed by atoms with Crippen LogP contribution in [0.15, 0.2) is 22.5 Å². The average molecular weight is 183 g/mol. The predicted octanol–water partition coefficient (Wildman–Crippen LogP) is 2.05. The first kappa shape index (κ1) is 9.39. The molecule has 12 heavy (non-hydrogen) atoms. The van der Waals surface area contributed by atoms with Crippen LogP contribution in [0.1, 0.15) is 19.8 Å². The van der Waals surface area contributed by atoms with Crippen molar-refractivity contribution in [2.24, 2.45) is 0 Å². The molecule has 0 radical (unpaired) electrons. The van der Waals surface area contributed by atoms with Crippen LogP contribution in [0.5, 0.6) is 0 Å². The molecule has 0 unspecified atom stereocenters. The van der Waals surface area contributed by atoms with Gasteiger partial charge in [0.05, 0.1) is 0 Å². The van der Waals surface area contributed by atoms with E-state index in [1.165, 1.54) is 4.91 Å². The topological polar surface area (TPSA) is 29.1 Å². The highest BCUT2D eigenvalue weighted by molar-refractivity contribution is 8.05. The molecule has 1 heterocycles. The minimum atomic E-state index is 0.0481. The summed E-state index contributed by atoms with van der Waals surface area (Å²) >= 11 is 1.74. The molecule has 0 spiro atoms. The number of allylic oxidation sites excluding steroid dienone is 2. The molecule has 0 aromatic rings. The highest BCUT2D eigenvalue weighted by Crippen LogP contribution is 2.24. The molecule has 1 N–H and O–H groups in total. The maximum absolute atomic E-state index is 10.5. The second kappa shape index (κ2) is 5.04. The smallest absolute Gasteiger partial charge is 0.216 e. The Morgan fingerprint density at radius 1 is 1.75 bits per heavy atom. The Bertz CT molecular complexity index is 221. The number of hydrogen-bond acceptors (Lipinski definition) is 2. The van der Waals surface area contributed by atoms with Gasteiger partial charge >= 0.3 is 0 Å². The fourth-order valence-corrected chi connectivity index (χ4v) is 1.76. The monoisotopic (exact) mass is 183 g/mol. The van der Waals surface area contributed by atoms with Crippen LogP contribution in [0.3, 0.4) is 0 Å². The quantitative estimate of drug-likeness (QED) is 0.725. The second-order valence-corrected chi connectivity index (χ2v) is 3.66. The van der Waals surface area contributed by atoms with Crippen LogP contribution in [0, 0.1) is 0 Å². The lowest BCUT2D eigenvalue weighted by atomic mass is 10.3. The first-order chi connectivity index (χ1) is 5.79. The Kier molecular flexibility index (Phi) is 3.94. The van der Waals surface area contributed by atoms with Gasteiger partial charge in [0.2, 0.25) is 5.91 Å². The van der Waals surface area contributed by atoms with Gasteiger partial charge in [0.25, 0.3) is 0 Å². The Morgan fingerprint density at radius 2 is 2.58 bits per heavy atom. The molecule has 3 heteroatoms. The van der Waals surface area contributed by atoms with Crippen LogP contribution in [0.2, 0.25) is 0 Å². The van der Waals surface area contributed by atoms with Crippen molar-refractivity contribution in [3.63, 3.8) is 0 Å². The Morgan fingerprint density at radius 3 is 3.17 bits per heavy atom. The Labute approximate surface area is 77.1 Å². The summed E-state index contributed by atoms with van der Waals surface area (Å²) in [5.74, 6) is 0.0481. The van der Waals surface area contributed by atoms with Gasteiger partial charge in [0.15, 0.2) is 0 Å². The largest absolute Gasteiger partial charge is 0.356 e. The lowest BCUT2D eigenvalue weighted by Crippen LogP contribution is -2.20. The Hall–Kier alpha value is -0.700. The fraction of sp³-hybridized carbons (Fsp3) is 0.444. The van der Waals surface area contributed by atoms with E-state index in [0.29, 0.717) is 0 Å². The van der Waals surface area contributed by atoms with Gasteiger partial charge in [-0.2, -0.15) is 0 Å². The molecule has 0 atom stereocenters. The summed E-state index contributed by atoms with van der Waals surface area (Å²) in [7, 11) is 0. The third-order valence-electron chi connectivity index (χ3n) is 1.54. The van der Waals surface area contributed by atoms with E-state index in [0.717, 1.165) is 19.4 Å². The normalized spacial score (nSPS) is 15.6. The average Bonchev–Trinajstić information content (AvgIpc) is 2.05. The zero-order valence-corrected chi connectivity index (χ0v) is 7.99. The van der Waals surface area contributed by atoms with E-state index in [2.05, 4.69) is 22.9 Å². The van der Waals surface area contributed by atoms with E-state index in [-0.39, 0.29) is 5.91 Å². The Balaban J connectivity index is 2.14. The van der Waals surface area contributed by atoms with Crippen LogP contribution in [-0.4, -0.2) is 12.5 Å². The summed E-state index contributed by atoms with van der Waals surface area (Å²) in [4.78, 5) is 11.9. The number of amides is 1. The lowest BCUT2D eigenvalue weighted by molar-refractivity contribution is -0.118. The fourth-order valence-electron chi connectivity index (χ4n) is 0.961. The summed E-state index contributed by atoms with van der Waals surface area (Å²) in [6, 6.07) is 0. The maximum Gasteiger partial charge on any atom is 0.216 e. The molecule has 1 rings (SSSR count). The summed E-state index contributed by atoms with van der Waals surface area (Å²) in [5, 5.41) is 4.88. The highest BCUT2D eigenvalue weighted by atomic mass is 32.2. The highest BCUT2D eigenvalue weighted by Gasteiger charge is 1.99. The van der Waals surface area contributed by atoms with Crippen molar-refractivity contribution >= 4 is 17.7 Å². The van der Waals surface area contributed by atoms with Gasteiger partial charge in [-0.3, -0.25) is 4.79 Å². The molecule has 1 aliphatic rings. The molecule has 0 saturated carbocycles. The van der Waals surface area contributed by atoms with Crippen LogP contribution in [0.4, 0.5) is 0 Å². The lowest BCUT2D eigenvalue weighted by Gasteiger charge is -2.07. The molecule has 0 fully saturated rings. The minimum Gasteiger partial charge on any atom is -0.356 e. The van der Waals surface area contributed by atoms with Crippen molar-refractivity contribution in [1.82, 2.24) is 5.32 Å². The number of rotatable bonds is 3. The van der Waals surface area contributed by atoms with Crippen LogP contribution >= 0.6 is 11.8 Å². The molecule has 0 bridgehead atoms. The minimum absolute atomic E-state index is 0.0481. The first-order valence-corrected chi connectivity index (χ1v) is 4.92. The van der Waals surface area contributed by atoms with Gasteiger partial charge in [-0.25, -0.2) is 0 Å². The zero-order valence-electron chi connectivity index (χ0n) is 7.17. The number of hydrogen-bond donors (Lipinski definition) is 1. The van der Waals surface area contributed by atoms with E-state index >= 15 is 0 Å². The van der Waals surface area contributed by atoms with Crippen LogP contribution < -0.4 is 5.32 Å². The molecule has 1 aliphatic heterocycles. The number of nitrogens with one attached hydrogen (secondary N) is 1. The van der Waals surface area contributed by atoms with E-state index in [9.17, 15) is 4.79 Å². The zero-order chi connectivity index (χ0) is 8.81. The second-order valence-electron chi connectivity index (χ2n) is 2.63. The van der Waals surface area contributed by atoms with Gasteiger partial charge < -0.3 is 5.32 Å². The molecular formula is C9H13NOS.